The molecule has 3 aliphatic rings. The Morgan fingerprint density at radius 1 is 1.06 bits per heavy atom. The monoisotopic (exact) mass is 481 g/mol. The molecule has 0 saturated carbocycles. The first-order valence-electron chi connectivity index (χ1n) is 10.5. The molecule has 34 heavy (non-hydrogen) atoms. The minimum atomic E-state index is -0.982. The number of esters is 1. The van der Waals surface area contributed by atoms with Gasteiger partial charge in [-0.1, -0.05) is 12.1 Å². The van der Waals surface area contributed by atoms with E-state index < -0.39 is 50.8 Å². The molecule has 0 radical (unpaired) electrons. The Bertz CT molecular complexity index is 1220. The standard InChI is InChI=1S/C23H19N3O7S/c1-23(2)17(22(30)33-11-12-7-9-13(10-8-12)26(31)32)25-20(29)16(21(25)34-23)24-18(27)14-5-3-4-6-15(14)19(24)28/h3-10,16-17,21H,11H2,1-2H3/t16?,17?,21-/m0/s1. The summed E-state index contributed by atoms with van der Waals surface area (Å²) in [5.41, 5.74) is 1.02. The Balaban J connectivity index is 1.31. The second kappa shape index (κ2) is 7.66. The zero-order chi connectivity index (χ0) is 24.4. The molecule has 0 N–H and O–H groups in total. The van der Waals surface area contributed by atoms with Crippen molar-refractivity contribution in [3.63, 3.8) is 0 Å². The Morgan fingerprint density at radius 3 is 2.21 bits per heavy atom. The van der Waals surface area contributed by atoms with Gasteiger partial charge in [-0.3, -0.25) is 29.4 Å². The van der Waals surface area contributed by atoms with Crippen molar-refractivity contribution in [3.8, 4) is 0 Å². The lowest BCUT2D eigenvalue weighted by Crippen LogP contribution is -2.71. The van der Waals surface area contributed by atoms with E-state index in [2.05, 4.69) is 0 Å². The van der Waals surface area contributed by atoms with Crippen molar-refractivity contribution >= 4 is 41.1 Å². The van der Waals surface area contributed by atoms with Crippen molar-refractivity contribution in [2.75, 3.05) is 0 Å². The largest absolute Gasteiger partial charge is 0.459 e. The number of nitro groups is 1. The smallest absolute Gasteiger partial charge is 0.330 e. The predicted molar refractivity (Wildman–Crippen MR) is 120 cm³/mol. The molecule has 3 heterocycles. The zero-order valence-electron chi connectivity index (χ0n) is 18.2. The summed E-state index contributed by atoms with van der Waals surface area (Å²) >= 11 is 1.35. The number of hydrogen-bond acceptors (Lipinski definition) is 8. The average Bonchev–Trinajstić information content (AvgIpc) is 3.21. The van der Waals surface area contributed by atoms with Crippen LogP contribution in [0.1, 0.15) is 40.1 Å². The highest BCUT2D eigenvalue weighted by Gasteiger charge is 2.67. The van der Waals surface area contributed by atoms with Crippen LogP contribution >= 0.6 is 11.8 Å². The normalized spacial score (nSPS) is 24.5. The van der Waals surface area contributed by atoms with Crippen LogP contribution in [0.5, 0.6) is 0 Å². The molecule has 2 aromatic rings. The van der Waals surface area contributed by atoms with Gasteiger partial charge >= 0.3 is 5.97 Å². The van der Waals surface area contributed by atoms with Gasteiger partial charge in [-0.25, -0.2) is 4.79 Å². The van der Waals surface area contributed by atoms with Crippen molar-refractivity contribution in [2.45, 2.75) is 42.7 Å². The quantitative estimate of drug-likeness (QED) is 0.209. The van der Waals surface area contributed by atoms with E-state index in [-0.39, 0.29) is 23.4 Å². The van der Waals surface area contributed by atoms with E-state index in [0.717, 1.165) is 4.90 Å². The molecule has 5 rings (SSSR count). The highest BCUT2D eigenvalue weighted by atomic mass is 32.2. The van der Waals surface area contributed by atoms with E-state index in [1.165, 1.54) is 40.9 Å². The highest BCUT2D eigenvalue weighted by molar-refractivity contribution is 8.01. The fraction of sp³-hybridized carbons (Fsp3) is 0.304. The number of amides is 3. The lowest BCUT2D eigenvalue weighted by atomic mass is 9.95. The van der Waals surface area contributed by atoms with Gasteiger partial charge in [-0.15, -0.1) is 11.8 Å². The number of fused-ring (bicyclic) bond motifs is 2. The Labute approximate surface area is 198 Å². The van der Waals surface area contributed by atoms with Crippen LogP contribution in [-0.2, 0) is 20.9 Å². The minimum absolute atomic E-state index is 0.0726. The maximum Gasteiger partial charge on any atom is 0.330 e. The Morgan fingerprint density at radius 2 is 1.65 bits per heavy atom. The predicted octanol–water partition coefficient (Wildman–Crippen LogP) is 2.37. The van der Waals surface area contributed by atoms with Crippen LogP contribution in [0.3, 0.4) is 0 Å². The summed E-state index contributed by atoms with van der Waals surface area (Å²) in [5.74, 6) is -2.12. The van der Waals surface area contributed by atoms with Crippen LogP contribution < -0.4 is 0 Å². The van der Waals surface area contributed by atoms with Crippen molar-refractivity contribution in [1.29, 1.82) is 0 Å². The first kappa shape index (κ1) is 22.1. The molecule has 10 nitrogen and oxygen atoms in total. The van der Waals surface area contributed by atoms with Crippen molar-refractivity contribution in [1.82, 2.24) is 9.80 Å². The number of carbonyl (C=O) groups is 4. The van der Waals surface area contributed by atoms with Gasteiger partial charge in [0, 0.05) is 16.9 Å². The number of ether oxygens (including phenoxy) is 1. The molecule has 3 aliphatic heterocycles. The van der Waals surface area contributed by atoms with Crippen LogP contribution in [0.25, 0.3) is 0 Å². The Hall–Kier alpha value is -3.73. The van der Waals surface area contributed by atoms with Gasteiger partial charge in [0.1, 0.15) is 24.1 Å². The summed E-state index contributed by atoms with van der Waals surface area (Å²) in [5, 5.41) is 10.2. The number of thioether (sulfide) groups is 1. The van der Waals surface area contributed by atoms with E-state index in [0.29, 0.717) is 5.56 Å². The first-order chi connectivity index (χ1) is 16.1. The number of imide groups is 1. The molecule has 0 spiro atoms. The van der Waals surface area contributed by atoms with Crippen LogP contribution in [0.4, 0.5) is 5.69 Å². The van der Waals surface area contributed by atoms with Crippen molar-refractivity contribution < 1.29 is 28.8 Å². The number of nitrogens with zero attached hydrogens (tertiary/aromatic N) is 3. The van der Waals surface area contributed by atoms with Gasteiger partial charge in [0.15, 0.2) is 0 Å². The molecule has 0 aliphatic carbocycles. The summed E-state index contributed by atoms with van der Waals surface area (Å²) in [6, 6.07) is 10.2. The van der Waals surface area contributed by atoms with Crippen LogP contribution in [-0.4, -0.2) is 60.6 Å². The third-order valence-corrected chi connectivity index (χ3v) is 7.83. The molecule has 0 aromatic heterocycles. The molecule has 3 amide bonds. The van der Waals surface area contributed by atoms with Crippen molar-refractivity contribution in [2.24, 2.45) is 0 Å². The molecular formula is C23H19N3O7S. The van der Waals surface area contributed by atoms with Gasteiger partial charge in [-0.05, 0) is 43.7 Å². The molecule has 2 aromatic carbocycles. The van der Waals surface area contributed by atoms with Gasteiger partial charge in [0.2, 0.25) is 0 Å². The molecule has 174 valence electrons. The third kappa shape index (κ3) is 3.18. The van der Waals surface area contributed by atoms with Crippen molar-refractivity contribution in [3.05, 3.63) is 75.3 Å². The molecule has 0 bridgehead atoms. The zero-order valence-corrected chi connectivity index (χ0v) is 19.0. The second-order valence-electron chi connectivity index (χ2n) is 8.76. The SMILES string of the molecule is CC1(C)S[C@H]2C(N3C(=O)c4ccccc4C3=O)C(=O)N2C1C(=O)OCc1ccc([N+](=O)[O-])cc1. The highest BCUT2D eigenvalue weighted by Crippen LogP contribution is 2.53. The number of rotatable bonds is 5. The van der Waals surface area contributed by atoms with Gasteiger partial charge in [-0.2, -0.15) is 0 Å². The van der Waals surface area contributed by atoms with E-state index in [9.17, 15) is 29.3 Å². The van der Waals surface area contributed by atoms with Crippen LogP contribution in [0.2, 0.25) is 0 Å². The fourth-order valence-corrected chi connectivity index (χ4v) is 6.29. The molecular weight excluding hydrogens is 462 g/mol. The minimum Gasteiger partial charge on any atom is -0.459 e. The molecule has 2 unspecified atom stereocenters. The molecule has 11 heteroatoms. The fourth-order valence-electron chi connectivity index (χ4n) is 4.62. The van der Waals surface area contributed by atoms with Gasteiger partial charge < -0.3 is 9.64 Å². The maximum absolute atomic E-state index is 13.1. The van der Waals surface area contributed by atoms with E-state index in [1.807, 2.05) is 0 Å². The molecule has 2 fully saturated rings. The van der Waals surface area contributed by atoms with Gasteiger partial charge in [0.25, 0.3) is 23.4 Å². The average molecular weight is 481 g/mol. The topological polar surface area (TPSA) is 127 Å². The summed E-state index contributed by atoms with van der Waals surface area (Å²) in [7, 11) is 0. The summed E-state index contributed by atoms with van der Waals surface area (Å²) in [4.78, 5) is 64.5. The second-order valence-corrected chi connectivity index (χ2v) is 10.5. The van der Waals surface area contributed by atoms with Crippen LogP contribution in [0, 0.1) is 10.1 Å². The lowest BCUT2D eigenvalue weighted by molar-refractivity contribution is -0.384. The molecule has 2 saturated heterocycles. The van der Waals surface area contributed by atoms with Gasteiger partial charge in [0.05, 0.1) is 16.1 Å². The summed E-state index contributed by atoms with van der Waals surface area (Å²) in [6.07, 6.45) is 0. The van der Waals surface area contributed by atoms with Crippen LogP contribution in [0.15, 0.2) is 48.5 Å². The number of carbonyl (C=O) groups excluding carboxylic acids is 4. The Kier molecular flexibility index (Phi) is 4.97. The van der Waals surface area contributed by atoms with E-state index in [1.54, 1.807) is 38.1 Å². The number of benzene rings is 2. The van der Waals surface area contributed by atoms with E-state index >= 15 is 0 Å². The number of non-ortho nitro benzene ring substituents is 1. The van der Waals surface area contributed by atoms with E-state index in [4.69, 9.17) is 4.74 Å². The summed E-state index contributed by atoms with van der Waals surface area (Å²) < 4.78 is 4.72. The third-order valence-electron chi connectivity index (χ3n) is 6.27. The molecule has 3 atom stereocenters. The summed E-state index contributed by atoms with van der Waals surface area (Å²) in [6.45, 7) is 3.50. The number of nitro benzene ring substituents is 1. The number of hydrogen-bond donors (Lipinski definition) is 0. The maximum atomic E-state index is 13.1. The number of β-lactam (4-membered cyclic amide) rings is 1. The first-order valence-corrected chi connectivity index (χ1v) is 11.4. The lowest BCUT2D eigenvalue weighted by Gasteiger charge is -2.46.